The number of nitrogens with zero attached hydrogens (tertiary/aromatic N) is 1. The summed E-state index contributed by atoms with van der Waals surface area (Å²) in [5.74, 6) is -2.00. The van der Waals surface area contributed by atoms with Gasteiger partial charge in [0.2, 0.25) is 5.91 Å². The highest BCUT2D eigenvalue weighted by Crippen LogP contribution is 2.17. The van der Waals surface area contributed by atoms with Crippen LogP contribution < -0.4 is 10.9 Å². The molecule has 1 aromatic heterocycles. The zero-order chi connectivity index (χ0) is 18.7. The van der Waals surface area contributed by atoms with E-state index in [1.165, 1.54) is 24.3 Å². The number of rotatable bonds is 4. The van der Waals surface area contributed by atoms with E-state index in [0.717, 1.165) is 16.5 Å². The number of carbonyl (C=O) groups excluding carboxylic acids is 1. The molecule has 5 nitrogen and oxygen atoms in total. The second-order valence-corrected chi connectivity index (χ2v) is 6.04. The van der Waals surface area contributed by atoms with E-state index < -0.39 is 17.6 Å². The number of aromatic amines is 1. The molecule has 1 heterocycles. The topological polar surface area (TPSA) is 85.8 Å². The number of aromatic nitrogens is 1. The number of nitriles is 1. The van der Waals surface area contributed by atoms with Crippen LogP contribution in [0, 0.1) is 30.0 Å². The van der Waals surface area contributed by atoms with E-state index in [0.29, 0.717) is 11.3 Å². The van der Waals surface area contributed by atoms with E-state index in [2.05, 4.69) is 10.3 Å². The van der Waals surface area contributed by atoms with Crippen LogP contribution in [0.3, 0.4) is 0 Å². The van der Waals surface area contributed by atoms with Crippen molar-refractivity contribution in [1.29, 1.82) is 5.26 Å². The van der Waals surface area contributed by atoms with Crippen molar-refractivity contribution in [2.75, 3.05) is 5.32 Å². The lowest BCUT2D eigenvalue weighted by molar-refractivity contribution is -0.118. The number of amides is 1. The van der Waals surface area contributed by atoms with Gasteiger partial charge in [-0.2, -0.15) is 5.26 Å². The van der Waals surface area contributed by atoms with Gasteiger partial charge in [-0.1, -0.05) is 18.2 Å². The average molecular weight is 349 g/mol. The number of benzene rings is 2. The van der Waals surface area contributed by atoms with Crippen molar-refractivity contribution in [3.63, 3.8) is 0 Å². The highest BCUT2D eigenvalue weighted by atomic mass is 19.1. The zero-order valence-electron chi connectivity index (χ0n) is 14.0. The van der Waals surface area contributed by atoms with E-state index in [9.17, 15) is 19.2 Å². The van der Waals surface area contributed by atoms with Crippen molar-refractivity contribution in [3.05, 3.63) is 75.8 Å². The van der Waals surface area contributed by atoms with Crippen LogP contribution in [0.4, 0.5) is 10.1 Å². The Labute approximate surface area is 149 Å². The van der Waals surface area contributed by atoms with E-state index in [1.807, 2.05) is 31.2 Å². The highest BCUT2D eigenvalue weighted by Gasteiger charge is 2.20. The molecule has 0 aliphatic carbocycles. The second-order valence-electron chi connectivity index (χ2n) is 6.04. The van der Waals surface area contributed by atoms with E-state index in [4.69, 9.17) is 0 Å². The Morgan fingerprint density at radius 1 is 1.27 bits per heavy atom. The molecule has 0 radical (unpaired) electrons. The van der Waals surface area contributed by atoms with Crippen LogP contribution >= 0.6 is 0 Å². The molecule has 1 unspecified atom stereocenters. The zero-order valence-corrected chi connectivity index (χ0v) is 14.0. The number of pyridine rings is 1. The summed E-state index contributed by atoms with van der Waals surface area (Å²) in [4.78, 5) is 27.5. The molecule has 6 heteroatoms. The van der Waals surface area contributed by atoms with Gasteiger partial charge in [0.15, 0.2) is 0 Å². The quantitative estimate of drug-likeness (QED) is 0.758. The second kappa shape index (κ2) is 7.19. The van der Waals surface area contributed by atoms with E-state index in [-0.39, 0.29) is 12.0 Å². The molecule has 26 heavy (non-hydrogen) atoms. The lowest BCUT2D eigenvalue weighted by atomic mass is 9.99. The molecular weight excluding hydrogens is 333 g/mol. The number of anilines is 1. The average Bonchev–Trinajstić information content (AvgIpc) is 2.62. The third-order valence-corrected chi connectivity index (χ3v) is 4.17. The number of fused-ring (bicyclic) bond motifs is 1. The van der Waals surface area contributed by atoms with Gasteiger partial charge in [0.05, 0.1) is 11.6 Å². The molecule has 1 atom stereocenters. The number of nitrogens with one attached hydrogen (secondary N) is 2. The Bertz CT molecular complexity index is 1070. The molecule has 1 amide bonds. The molecule has 0 saturated heterocycles. The van der Waals surface area contributed by atoms with Crippen molar-refractivity contribution in [3.8, 4) is 6.07 Å². The summed E-state index contributed by atoms with van der Waals surface area (Å²) in [6, 6.07) is 14.5. The molecule has 0 saturated carbocycles. The van der Waals surface area contributed by atoms with Gasteiger partial charge in [0.25, 0.3) is 5.56 Å². The summed E-state index contributed by atoms with van der Waals surface area (Å²) in [5.41, 5.74) is 2.12. The summed E-state index contributed by atoms with van der Waals surface area (Å²) in [6.45, 7) is 1.90. The fourth-order valence-electron chi connectivity index (χ4n) is 2.76. The molecule has 3 rings (SSSR count). The first-order chi connectivity index (χ1) is 12.5. The fourth-order valence-corrected chi connectivity index (χ4v) is 2.76. The molecule has 2 aromatic carbocycles. The van der Waals surface area contributed by atoms with Crippen molar-refractivity contribution in [1.82, 2.24) is 4.98 Å². The fraction of sp³-hybridized carbons (Fsp3) is 0.150. The lowest BCUT2D eigenvalue weighted by Crippen LogP contribution is -2.26. The maximum atomic E-state index is 12.9. The molecule has 0 aliphatic heterocycles. The highest BCUT2D eigenvalue weighted by molar-refractivity contribution is 5.94. The van der Waals surface area contributed by atoms with E-state index >= 15 is 0 Å². The SMILES string of the molecule is Cc1cccc2cc(CC(C#N)C(=O)Nc3ccc(F)cc3)c(=O)[nH]c12. The number of aryl methyl sites for hydroxylation is 1. The molecule has 0 spiro atoms. The van der Waals surface area contributed by atoms with Gasteiger partial charge in [-0.3, -0.25) is 9.59 Å². The molecule has 0 bridgehead atoms. The summed E-state index contributed by atoms with van der Waals surface area (Å²) in [5, 5.41) is 12.8. The summed E-state index contributed by atoms with van der Waals surface area (Å²) in [6.07, 6.45) is -0.0112. The normalized spacial score (nSPS) is 11.7. The number of H-pyrrole nitrogens is 1. The van der Waals surface area contributed by atoms with Crippen molar-refractivity contribution in [2.45, 2.75) is 13.3 Å². The Morgan fingerprint density at radius 3 is 2.69 bits per heavy atom. The molecule has 0 fully saturated rings. The summed E-state index contributed by atoms with van der Waals surface area (Å²) < 4.78 is 12.9. The van der Waals surface area contributed by atoms with Gasteiger partial charge in [-0.15, -0.1) is 0 Å². The third kappa shape index (κ3) is 3.62. The van der Waals surface area contributed by atoms with Crippen LogP contribution in [0.1, 0.15) is 11.1 Å². The first kappa shape index (κ1) is 17.4. The first-order valence-corrected chi connectivity index (χ1v) is 8.05. The minimum Gasteiger partial charge on any atom is -0.325 e. The molecule has 0 aliphatic rings. The largest absolute Gasteiger partial charge is 0.325 e. The first-order valence-electron chi connectivity index (χ1n) is 8.05. The maximum Gasteiger partial charge on any atom is 0.251 e. The predicted molar refractivity (Wildman–Crippen MR) is 97.1 cm³/mol. The standard InChI is InChI=1S/C20H16FN3O2/c1-12-3-2-4-13-9-14(19(25)24-18(12)13)10-15(11-22)20(26)23-17-7-5-16(21)6-8-17/h2-9,15H,10H2,1H3,(H,23,26)(H,24,25). The van der Waals surface area contributed by atoms with Crippen LogP contribution in [0.5, 0.6) is 0 Å². The number of hydrogen-bond donors (Lipinski definition) is 2. The van der Waals surface area contributed by atoms with Gasteiger partial charge in [0.1, 0.15) is 11.7 Å². The lowest BCUT2D eigenvalue weighted by Gasteiger charge is -2.11. The molecular formula is C20H16FN3O2. The van der Waals surface area contributed by atoms with Gasteiger partial charge in [0, 0.05) is 17.7 Å². The Hall–Kier alpha value is -3.46. The van der Waals surface area contributed by atoms with Crippen molar-refractivity contribution >= 4 is 22.5 Å². The molecule has 3 aromatic rings. The minimum atomic E-state index is -1.04. The molecule has 130 valence electrons. The van der Waals surface area contributed by atoms with Gasteiger partial charge in [-0.05, 0) is 48.2 Å². The number of carbonyl (C=O) groups is 1. The number of para-hydroxylation sites is 1. The summed E-state index contributed by atoms with van der Waals surface area (Å²) >= 11 is 0. The Balaban J connectivity index is 1.84. The van der Waals surface area contributed by atoms with Gasteiger partial charge < -0.3 is 10.3 Å². The van der Waals surface area contributed by atoms with Crippen molar-refractivity contribution in [2.24, 2.45) is 5.92 Å². The maximum absolute atomic E-state index is 12.9. The van der Waals surface area contributed by atoms with Crippen LogP contribution in [0.2, 0.25) is 0 Å². The minimum absolute atomic E-state index is 0.0112. The van der Waals surface area contributed by atoms with Gasteiger partial charge in [-0.25, -0.2) is 4.39 Å². The third-order valence-electron chi connectivity index (χ3n) is 4.17. The molecule has 2 N–H and O–H groups in total. The van der Waals surface area contributed by atoms with Crippen LogP contribution in [0.25, 0.3) is 10.9 Å². The van der Waals surface area contributed by atoms with Gasteiger partial charge >= 0.3 is 0 Å². The predicted octanol–water partition coefficient (Wildman–Crippen LogP) is 3.30. The monoisotopic (exact) mass is 349 g/mol. The van der Waals surface area contributed by atoms with Crippen LogP contribution in [-0.2, 0) is 11.2 Å². The summed E-state index contributed by atoms with van der Waals surface area (Å²) in [7, 11) is 0. The number of halogens is 1. The number of hydrogen-bond acceptors (Lipinski definition) is 3. The van der Waals surface area contributed by atoms with Crippen LogP contribution in [-0.4, -0.2) is 10.9 Å². The smallest absolute Gasteiger partial charge is 0.251 e. The van der Waals surface area contributed by atoms with Crippen molar-refractivity contribution < 1.29 is 9.18 Å². The van der Waals surface area contributed by atoms with Crippen LogP contribution in [0.15, 0.2) is 53.3 Å². The Morgan fingerprint density at radius 2 is 2.00 bits per heavy atom. The van der Waals surface area contributed by atoms with E-state index in [1.54, 1.807) is 6.07 Å². The Kier molecular flexibility index (Phi) is 4.81.